The van der Waals surface area contributed by atoms with Gasteiger partial charge in [0.25, 0.3) is 0 Å². The maximum Gasteiger partial charge on any atom is 0.367 e. The van der Waals surface area contributed by atoms with Gasteiger partial charge in [0.05, 0.1) is 13.2 Å². The third-order valence-electron chi connectivity index (χ3n) is 3.20. The van der Waals surface area contributed by atoms with E-state index >= 15 is 0 Å². The summed E-state index contributed by atoms with van der Waals surface area (Å²) in [5.41, 5.74) is 1.13. The number of benzene rings is 1. The number of rotatable bonds is 5. The van der Waals surface area contributed by atoms with Crippen LogP contribution in [0.25, 0.3) is 0 Å². The minimum atomic E-state index is -0.282. The number of carbonyl (C=O) groups is 2. The summed E-state index contributed by atoms with van der Waals surface area (Å²) in [4.78, 5) is 24.7. The van der Waals surface area contributed by atoms with Gasteiger partial charge in [0.1, 0.15) is 0 Å². The van der Waals surface area contributed by atoms with E-state index in [1.165, 1.54) is 7.11 Å². The van der Waals surface area contributed by atoms with Crippen molar-refractivity contribution >= 4 is 23.1 Å². The highest BCUT2D eigenvalue weighted by atomic mass is 32.2. The highest BCUT2D eigenvalue weighted by Gasteiger charge is 2.30. The van der Waals surface area contributed by atoms with Crippen molar-refractivity contribution in [1.82, 2.24) is 10.2 Å². The maximum atomic E-state index is 11.9. The average molecular weight is 294 g/mol. The van der Waals surface area contributed by atoms with E-state index in [1.54, 1.807) is 0 Å². The number of ether oxygens (including phenoxy) is 1. The molecular weight excluding hydrogens is 276 g/mol. The number of urea groups is 1. The van der Waals surface area contributed by atoms with Crippen LogP contribution < -0.4 is 5.32 Å². The minimum Gasteiger partial charge on any atom is -0.461 e. The number of methoxy groups -OCH3 is 1. The molecule has 1 N–H and O–H groups in total. The summed E-state index contributed by atoms with van der Waals surface area (Å²) in [6.45, 7) is 1.27. The zero-order chi connectivity index (χ0) is 14.4. The SMILES string of the molecule is COC(=O)SCCCN1C(=O)NCC1c1ccccc1. The van der Waals surface area contributed by atoms with E-state index in [4.69, 9.17) is 0 Å². The third-order valence-corrected chi connectivity index (χ3v) is 4.09. The van der Waals surface area contributed by atoms with E-state index in [2.05, 4.69) is 10.1 Å². The Bertz CT molecular complexity index is 467. The van der Waals surface area contributed by atoms with Crippen molar-refractivity contribution in [2.75, 3.05) is 26.0 Å². The van der Waals surface area contributed by atoms with Crippen molar-refractivity contribution in [3.8, 4) is 0 Å². The molecule has 0 bridgehead atoms. The summed E-state index contributed by atoms with van der Waals surface area (Å²) >= 11 is 1.14. The van der Waals surface area contributed by atoms with Crippen molar-refractivity contribution in [2.45, 2.75) is 12.5 Å². The summed E-state index contributed by atoms with van der Waals surface area (Å²) in [5.74, 6) is 0.651. The summed E-state index contributed by atoms with van der Waals surface area (Å²) in [6.07, 6.45) is 0.760. The fraction of sp³-hybridized carbons (Fsp3) is 0.429. The summed E-state index contributed by atoms with van der Waals surface area (Å²) in [6, 6.07) is 10.0. The first-order valence-electron chi connectivity index (χ1n) is 6.52. The van der Waals surface area contributed by atoms with Crippen molar-refractivity contribution in [2.24, 2.45) is 0 Å². The van der Waals surface area contributed by atoms with Gasteiger partial charge in [0, 0.05) is 18.8 Å². The van der Waals surface area contributed by atoms with Crippen LogP contribution in [-0.4, -0.2) is 42.2 Å². The van der Waals surface area contributed by atoms with Crippen LogP contribution in [-0.2, 0) is 4.74 Å². The molecule has 0 saturated carbocycles. The minimum absolute atomic E-state index is 0.0399. The zero-order valence-corrected chi connectivity index (χ0v) is 12.2. The Morgan fingerprint density at radius 3 is 2.90 bits per heavy atom. The lowest BCUT2D eigenvalue weighted by Crippen LogP contribution is -2.31. The first-order chi connectivity index (χ1) is 9.72. The molecule has 1 heterocycles. The normalized spacial score (nSPS) is 17.9. The van der Waals surface area contributed by atoms with E-state index in [0.717, 1.165) is 23.7 Å². The van der Waals surface area contributed by atoms with Crippen LogP contribution in [0.4, 0.5) is 9.59 Å². The predicted molar refractivity (Wildman–Crippen MR) is 78.8 cm³/mol. The Morgan fingerprint density at radius 1 is 1.45 bits per heavy atom. The smallest absolute Gasteiger partial charge is 0.367 e. The molecule has 0 aromatic heterocycles. The quantitative estimate of drug-likeness (QED) is 0.670. The van der Waals surface area contributed by atoms with E-state index in [0.29, 0.717) is 18.8 Å². The van der Waals surface area contributed by atoms with Crippen LogP contribution in [0.3, 0.4) is 0 Å². The van der Waals surface area contributed by atoms with Gasteiger partial charge >= 0.3 is 11.3 Å². The van der Waals surface area contributed by atoms with Crippen LogP contribution >= 0.6 is 11.8 Å². The van der Waals surface area contributed by atoms with Gasteiger partial charge in [-0.05, 0) is 23.7 Å². The van der Waals surface area contributed by atoms with Crippen molar-refractivity contribution in [3.63, 3.8) is 0 Å². The Kier molecular flexibility index (Phi) is 5.29. The fourth-order valence-corrected chi connectivity index (χ4v) is 2.77. The van der Waals surface area contributed by atoms with E-state index in [-0.39, 0.29) is 17.4 Å². The van der Waals surface area contributed by atoms with E-state index in [9.17, 15) is 9.59 Å². The Labute approximate surface area is 122 Å². The molecule has 6 heteroatoms. The van der Waals surface area contributed by atoms with Crippen LogP contribution in [0, 0.1) is 0 Å². The molecule has 20 heavy (non-hydrogen) atoms. The molecule has 1 aliphatic heterocycles. The molecule has 1 aliphatic rings. The Morgan fingerprint density at radius 2 is 2.20 bits per heavy atom. The van der Waals surface area contributed by atoms with Gasteiger partial charge in [-0.15, -0.1) is 0 Å². The van der Waals surface area contributed by atoms with Crippen LogP contribution in [0.1, 0.15) is 18.0 Å². The molecule has 1 aromatic carbocycles. The number of carbonyl (C=O) groups excluding carboxylic acids is 2. The maximum absolute atomic E-state index is 11.9. The molecule has 2 rings (SSSR count). The number of amides is 2. The summed E-state index contributed by atoms with van der Waals surface area (Å²) in [5, 5.41) is 2.59. The molecule has 1 fully saturated rings. The van der Waals surface area contributed by atoms with Crippen LogP contribution in [0.2, 0.25) is 0 Å². The molecule has 2 amide bonds. The molecule has 1 atom stereocenters. The van der Waals surface area contributed by atoms with Crippen molar-refractivity contribution in [3.05, 3.63) is 35.9 Å². The van der Waals surface area contributed by atoms with Gasteiger partial charge < -0.3 is 15.0 Å². The van der Waals surface area contributed by atoms with Gasteiger partial charge in [-0.25, -0.2) is 9.59 Å². The first-order valence-corrected chi connectivity index (χ1v) is 7.51. The molecular formula is C14H18N2O3S. The largest absolute Gasteiger partial charge is 0.461 e. The van der Waals surface area contributed by atoms with Gasteiger partial charge in [0.2, 0.25) is 0 Å². The van der Waals surface area contributed by atoms with Crippen LogP contribution in [0.5, 0.6) is 0 Å². The Hall–Kier alpha value is -1.69. The lowest BCUT2D eigenvalue weighted by molar-refractivity contribution is 0.200. The molecule has 0 radical (unpaired) electrons. The molecule has 0 spiro atoms. The number of nitrogens with zero attached hydrogens (tertiary/aromatic N) is 1. The molecule has 1 aromatic rings. The number of nitrogens with one attached hydrogen (secondary N) is 1. The van der Waals surface area contributed by atoms with Crippen LogP contribution in [0.15, 0.2) is 30.3 Å². The number of thioether (sulfide) groups is 1. The van der Waals surface area contributed by atoms with Gasteiger partial charge in [-0.3, -0.25) is 0 Å². The predicted octanol–water partition coefficient (Wildman–Crippen LogP) is 2.64. The topological polar surface area (TPSA) is 58.6 Å². The fourth-order valence-electron chi connectivity index (χ4n) is 2.22. The lowest BCUT2D eigenvalue weighted by Gasteiger charge is -2.23. The second-order valence-electron chi connectivity index (χ2n) is 4.46. The van der Waals surface area contributed by atoms with Gasteiger partial charge in [-0.1, -0.05) is 30.3 Å². The average Bonchev–Trinajstić information content (AvgIpc) is 2.85. The first kappa shape index (κ1) is 14.7. The second kappa shape index (κ2) is 7.19. The van der Waals surface area contributed by atoms with E-state index < -0.39 is 0 Å². The molecule has 0 aliphatic carbocycles. The number of hydrogen-bond donors (Lipinski definition) is 1. The Balaban J connectivity index is 1.88. The monoisotopic (exact) mass is 294 g/mol. The second-order valence-corrected chi connectivity index (χ2v) is 5.49. The number of hydrogen-bond acceptors (Lipinski definition) is 4. The summed E-state index contributed by atoms with van der Waals surface area (Å²) < 4.78 is 4.56. The van der Waals surface area contributed by atoms with Gasteiger partial charge in [-0.2, -0.15) is 0 Å². The molecule has 1 saturated heterocycles. The highest BCUT2D eigenvalue weighted by Crippen LogP contribution is 2.24. The lowest BCUT2D eigenvalue weighted by atomic mass is 10.1. The van der Waals surface area contributed by atoms with Crippen molar-refractivity contribution < 1.29 is 14.3 Å². The third kappa shape index (κ3) is 3.66. The van der Waals surface area contributed by atoms with E-state index in [1.807, 2.05) is 35.2 Å². The molecule has 5 nitrogen and oxygen atoms in total. The molecule has 1 unspecified atom stereocenters. The summed E-state index contributed by atoms with van der Waals surface area (Å²) in [7, 11) is 1.37. The zero-order valence-electron chi connectivity index (χ0n) is 11.4. The highest BCUT2D eigenvalue weighted by molar-refractivity contribution is 8.13. The van der Waals surface area contributed by atoms with Gasteiger partial charge in [0.15, 0.2) is 0 Å². The molecule has 108 valence electrons. The standard InChI is InChI=1S/C14H18N2O3S/c1-19-14(18)20-9-5-8-16-12(10-15-13(16)17)11-6-3-2-4-7-11/h2-4,6-7,12H,5,8-10H2,1H3,(H,15,17). The van der Waals surface area contributed by atoms with Crippen molar-refractivity contribution in [1.29, 1.82) is 0 Å².